The van der Waals surface area contributed by atoms with Crippen LogP contribution in [0.1, 0.15) is 19.2 Å². The smallest absolute Gasteiger partial charge is 0.160 e. The summed E-state index contributed by atoms with van der Waals surface area (Å²) in [6, 6.07) is 5.06. The molecule has 1 aromatic heterocycles. The molecule has 0 aliphatic heterocycles. The monoisotopic (exact) mass is 283 g/mol. The van der Waals surface area contributed by atoms with Crippen LogP contribution < -0.4 is 5.32 Å². The lowest BCUT2D eigenvalue weighted by Gasteiger charge is -2.08. The van der Waals surface area contributed by atoms with Crippen LogP contribution in [0.4, 0.5) is 20.3 Å². The number of hydrogen-bond acceptors (Lipinski definition) is 3. The zero-order valence-electron chi connectivity index (χ0n) is 10.3. The van der Waals surface area contributed by atoms with Crippen LogP contribution in [-0.2, 0) is 6.42 Å². The Labute approximate surface area is 114 Å². The molecule has 1 aromatic carbocycles. The van der Waals surface area contributed by atoms with Gasteiger partial charge in [-0.05, 0) is 18.6 Å². The van der Waals surface area contributed by atoms with E-state index in [2.05, 4.69) is 15.3 Å². The first-order valence-corrected chi connectivity index (χ1v) is 6.22. The van der Waals surface area contributed by atoms with Crippen molar-refractivity contribution in [2.45, 2.75) is 19.8 Å². The van der Waals surface area contributed by atoms with Gasteiger partial charge < -0.3 is 5.32 Å². The molecule has 0 fully saturated rings. The fourth-order valence-corrected chi connectivity index (χ4v) is 1.79. The molecular formula is C13H12ClF2N3. The minimum atomic E-state index is -0.918. The molecule has 3 nitrogen and oxygen atoms in total. The lowest BCUT2D eigenvalue weighted by Crippen LogP contribution is -2.01. The van der Waals surface area contributed by atoms with Gasteiger partial charge in [-0.15, -0.1) is 0 Å². The standard InChI is InChI=1S/C13H12ClF2N3/c1-2-3-12-18-11(14)7-13(19-12)17-8-4-5-9(15)10(16)6-8/h4-7H,2-3H2,1H3,(H,17,18,19). The highest BCUT2D eigenvalue weighted by Gasteiger charge is 2.06. The van der Waals surface area contributed by atoms with Crippen LogP contribution in [0, 0.1) is 11.6 Å². The lowest BCUT2D eigenvalue weighted by molar-refractivity contribution is 0.509. The van der Waals surface area contributed by atoms with Crippen molar-refractivity contribution in [3.63, 3.8) is 0 Å². The molecule has 0 bridgehead atoms. The second-order valence-corrected chi connectivity index (χ2v) is 4.38. The molecule has 0 amide bonds. The van der Waals surface area contributed by atoms with E-state index in [1.807, 2.05) is 6.92 Å². The van der Waals surface area contributed by atoms with Crippen molar-refractivity contribution >= 4 is 23.1 Å². The van der Waals surface area contributed by atoms with Crippen LogP contribution in [-0.4, -0.2) is 9.97 Å². The fourth-order valence-electron chi connectivity index (χ4n) is 1.59. The van der Waals surface area contributed by atoms with Gasteiger partial charge >= 0.3 is 0 Å². The van der Waals surface area contributed by atoms with Gasteiger partial charge in [-0.1, -0.05) is 18.5 Å². The quantitative estimate of drug-likeness (QED) is 0.858. The van der Waals surface area contributed by atoms with Crippen molar-refractivity contribution < 1.29 is 8.78 Å². The normalized spacial score (nSPS) is 10.5. The Morgan fingerprint density at radius 1 is 1.16 bits per heavy atom. The Kier molecular flexibility index (Phi) is 4.27. The number of nitrogens with one attached hydrogen (secondary N) is 1. The van der Waals surface area contributed by atoms with E-state index < -0.39 is 11.6 Å². The highest BCUT2D eigenvalue weighted by molar-refractivity contribution is 6.29. The highest BCUT2D eigenvalue weighted by Crippen LogP contribution is 2.19. The Bertz CT molecular complexity index is 590. The van der Waals surface area contributed by atoms with Crippen molar-refractivity contribution in [3.05, 3.63) is 46.9 Å². The molecule has 0 saturated heterocycles. The van der Waals surface area contributed by atoms with Crippen molar-refractivity contribution in [2.24, 2.45) is 0 Å². The summed E-state index contributed by atoms with van der Waals surface area (Å²) in [5, 5.41) is 3.18. The summed E-state index contributed by atoms with van der Waals surface area (Å²) < 4.78 is 25.9. The molecule has 0 spiro atoms. The van der Waals surface area contributed by atoms with Gasteiger partial charge in [0.2, 0.25) is 0 Å². The van der Waals surface area contributed by atoms with Gasteiger partial charge in [-0.25, -0.2) is 18.7 Å². The Morgan fingerprint density at radius 2 is 1.95 bits per heavy atom. The van der Waals surface area contributed by atoms with E-state index in [1.54, 1.807) is 0 Å². The summed E-state index contributed by atoms with van der Waals surface area (Å²) in [6.45, 7) is 2.01. The third kappa shape index (κ3) is 3.61. The fraction of sp³-hybridized carbons (Fsp3) is 0.231. The van der Waals surface area contributed by atoms with Crippen LogP contribution in [0.2, 0.25) is 5.15 Å². The second kappa shape index (κ2) is 5.93. The maximum absolute atomic E-state index is 13.1. The summed E-state index contributed by atoms with van der Waals surface area (Å²) in [6.07, 6.45) is 1.60. The Morgan fingerprint density at radius 3 is 2.63 bits per heavy atom. The maximum atomic E-state index is 13.1. The van der Waals surface area contributed by atoms with Crippen LogP contribution in [0.15, 0.2) is 24.3 Å². The van der Waals surface area contributed by atoms with Crippen molar-refractivity contribution in [3.8, 4) is 0 Å². The van der Waals surface area contributed by atoms with E-state index in [0.717, 1.165) is 18.6 Å². The molecule has 0 aliphatic carbocycles. The molecule has 2 aromatic rings. The molecule has 19 heavy (non-hydrogen) atoms. The van der Waals surface area contributed by atoms with Crippen molar-refractivity contribution in [1.82, 2.24) is 9.97 Å². The topological polar surface area (TPSA) is 37.8 Å². The summed E-state index contributed by atoms with van der Waals surface area (Å²) in [5.74, 6) is -0.744. The van der Waals surface area contributed by atoms with Crippen molar-refractivity contribution in [1.29, 1.82) is 0 Å². The molecule has 0 radical (unpaired) electrons. The average molecular weight is 284 g/mol. The van der Waals surface area contributed by atoms with Gasteiger partial charge in [0.1, 0.15) is 16.8 Å². The van der Waals surface area contributed by atoms with Gasteiger partial charge in [-0.2, -0.15) is 0 Å². The zero-order valence-corrected chi connectivity index (χ0v) is 11.0. The van der Waals surface area contributed by atoms with Gasteiger partial charge in [0.05, 0.1) is 0 Å². The predicted octanol–water partition coefficient (Wildman–Crippen LogP) is 4.10. The van der Waals surface area contributed by atoms with E-state index in [-0.39, 0.29) is 0 Å². The number of aromatic nitrogens is 2. The number of benzene rings is 1. The van der Waals surface area contributed by atoms with E-state index in [4.69, 9.17) is 11.6 Å². The van der Waals surface area contributed by atoms with Crippen LogP contribution in [0.25, 0.3) is 0 Å². The van der Waals surface area contributed by atoms with Gasteiger partial charge in [0.25, 0.3) is 0 Å². The minimum Gasteiger partial charge on any atom is -0.340 e. The van der Waals surface area contributed by atoms with E-state index >= 15 is 0 Å². The summed E-state index contributed by atoms with van der Waals surface area (Å²) in [5.41, 5.74) is 0.399. The van der Waals surface area contributed by atoms with Crippen LogP contribution >= 0.6 is 11.6 Å². The molecule has 2 rings (SSSR count). The molecular weight excluding hydrogens is 272 g/mol. The number of anilines is 2. The van der Waals surface area contributed by atoms with Crippen molar-refractivity contribution in [2.75, 3.05) is 5.32 Å². The van der Waals surface area contributed by atoms with Gasteiger partial charge in [-0.3, -0.25) is 0 Å². The highest BCUT2D eigenvalue weighted by atomic mass is 35.5. The SMILES string of the molecule is CCCc1nc(Cl)cc(Nc2ccc(F)c(F)c2)n1. The third-order valence-electron chi connectivity index (χ3n) is 2.41. The van der Waals surface area contributed by atoms with E-state index in [0.29, 0.717) is 28.9 Å². The first-order valence-electron chi connectivity index (χ1n) is 5.84. The average Bonchev–Trinajstić information content (AvgIpc) is 2.33. The summed E-state index contributed by atoms with van der Waals surface area (Å²) >= 11 is 5.88. The molecule has 1 N–H and O–H groups in total. The summed E-state index contributed by atoms with van der Waals surface area (Å²) in [7, 11) is 0. The minimum absolute atomic E-state index is 0.309. The van der Waals surface area contributed by atoms with Crippen LogP contribution in [0.5, 0.6) is 0 Å². The van der Waals surface area contributed by atoms with E-state index in [1.165, 1.54) is 12.1 Å². The maximum Gasteiger partial charge on any atom is 0.160 e. The zero-order chi connectivity index (χ0) is 13.8. The molecule has 0 saturated carbocycles. The molecule has 6 heteroatoms. The third-order valence-corrected chi connectivity index (χ3v) is 2.60. The number of aryl methyl sites for hydroxylation is 1. The lowest BCUT2D eigenvalue weighted by atomic mass is 10.3. The second-order valence-electron chi connectivity index (χ2n) is 4.00. The Balaban J connectivity index is 2.24. The molecule has 1 heterocycles. The number of hydrogen-bond donors (Lipinski definition) is 1. The molecule has 0 unspecified atom stereocenters. The number of rotatable bonds is 4. The summed E-state index contributed by atoms with van der Waals surface area (Å²) in [4.78, 5) is 8.32. The molecule has 0 atom stereocenters. The predicted molar refractivity (Wildman–Crippen MR) is 70.7 cm³/mol. The molecule has 100 valence electrons. The first kappa shape index (κ1) is 13.7. The number of nitrogens with zero attached hydrogens (tertiary/aromatic N) is 2. The largest absolute Gasteiger partial charge is 0.340 e. The number of halogens is 3. The molecule has 0 aliphatic rings. The first-order chi connectivity index (χ1) is 9.08. The van der Waals surface area contributed by atoms with Crippen LogP contribution in [0.3, 0.4) is 0 Å². The van der Waals surface area contributed by atoms with Gasteiger partial charge in [0, 0.05) is 24.2 Å². The van der Waals surface area contributed by atoms with Gasteiger partial charge in [0.15, 0.2) is 11.6 Å². The van der Waals surface area contributed by atoms with E-state index in [9.17, 15) is 8.78 Å². The Hall–Kier alpha value is -1.75.